The molecule has 3 aromatic heterocycles. The zero-order chi connectivity index (χ0) is 22.8. The van der Waals surface area contributed by atoms with Crippen LogP contribution >= 0.6 is 11.3 Å². The molecule has 33 heavy (non-hydrogen) atoms. The second-order valence-corrected chi connectivity index (χ2v) is 8.29. The highest BCUT2D eigenvalue weighted by molar-refractivity contribution is 7.13. The van der Waals surface area contributed by atoms with Gasteiger partial charge >= 0.3 is 0 Å². The maximum Gasteiger partial charge on any atom is 0.291 e. The molecule has 3 heterocycles. The molecule has 0 radical (unpaired) electrons. The average Bonchev–Trinajstić information content (AvgIpc) is 3.59. The van der Waals surface area contributed by atoms with Crippen LogP contribution in [-0.2, 0) is 7.05 Å². The van der Waals surface area contributed by atoms with Gasteiger partial charge in [-0.3, -0.25) is 4.79 Å². The number of para-hydroxylation sites is 1. The number of aryl methyl sites for hydroxylation is 1. The minimum atomic E-state index is -0.605. The number of amides is 1. The molecule has 0 spiro atoms. The lowest BCUT2D eigenvalue weighted by atomic mass is 10.1. The number of imidazole rings is 1. The molecule has 0 aliphatic carbocycles. The van der Waals surface area contributed by atoms with Gasteiger partial charge in [0.15, 0.2) is 5.82 Å². The van der Waals surface area contributed by atoms with Gasteiger partial charge in [0.1, 0.15) is 17.7 Å². The number of nitrogens with zero attached hydrogens (tertiary/aromatic N) is 5. The van der Waals surface area contributed by atoms with Crippen LogP contribution in [0.3, 0.4) is 0 Å². The molecule has 9 heteroatoms. The number of carbonyl (C=O) groups excluding carboxylic acids is 1. The van der Waals surface area contributed by atoms with E-state index in [1.807, 2.05) is 54.9 Å². The van der Waals surface area contributed by atoms with Crippen molar-refractivity contribution < 1.29 is 9.18 Å². The van der Waals surface area contributed by atoms with Gasteiger partial charge in [0.2, 0.25) is 5.82 Å². The third-order valence-electron chi connectivity index (χ3n) is 5.15. The van der Waals surface area contributed by atoms with Crippen LogP contribution < -0.4 is 5.32 Å². The second-order valence-electron chi connectivity index (χ2n) is 7.34. The Morgan fingerprint density at radius 1 is 1.06 bits per heavy atom. The third-order valence-corrected chi connectivity index (χ3v) is 6.01. The lowest BCUT2D eigenvalue weighted by Crippen LogP contribution is -2.32. The number of rotatable bonds is 6. The summed E-state index contributed by atoms with van der Waals surface area (Å²) in [6.07, 6.45) is 3.44. The van der Waals surface area contributed by atoms with Crippen molar-refractivity contribution in [3.05, 3.63) is 108 Å². The zero-order valence-electron chi connectivity index (χ0n) is 17.6. The number of aromatic nitrogens is 5. The molecular weight excluding hydrogens is 439 g/mol. The van der Waals surface area contributed by atoms with E-state index in [2.05, 4.69) is 20.4 Å². The number of hydrogen-bond donors (Lipinski definition) is 1. The van der Waals surface area contributed by atoms with Crippen LogP contribution in [0, 0.1) is 5.82 Å². The van der Waals surface area contributed by atoms with Crippen molar-refractivity contribution in [1.82, 2.24) is 29.6 Å². The van der Waals surface area contributed by atoms with Gasteiger partial charge in [-0.2, -0.15) is 0 Å². The fourth-order valence-electron chi connectivity index (χ4n) is 3.53. The Hall–Kier alpha value is -4.11. The van der Waals surface area contributed by atoms with Gasteiger partial charge in [0.25, 0.3) is 5.91 Å². The number of halogens is 1. The van der Waals surface area contributed by atoms with Crippen molar-refractivity contribution in [1.29, 1.82) is 0 Å². The molecule has 0 bridgehead atoms. The zero-order valence-corrected chi connectivity index (χ0v) is 18.4. The van der Waals surface area contributed by atoms with Crippen molar-refractivity contribution in [3.63, 3.8) is 0 Å². The second kappa shape index (κ2) is 8.79. The highest BCUT2D eigenvalue weighted by Gasteiger charge is 2.25. The number of hydrogen-bond acceptors (Lipinski definition) is 5. The molecule has 0 saturated heterocycles. The number of carbonyl (C=O) groups is 1. The first kappa shape index (κ1) is 20.8. The van der Waals surface area contributed by atoms with E-state index in [1.54, 1.807) is 33.8 Å². The van der Waals surface area contributed by atoms with Gasteiger partial charge in [-0.1, -0.05) is 36.4 Å². The minimum Gasteiger partial charge on any atom is -0.336 e. The molecule has 0 aliphatic rings. The summed E-state index contributed by atoms with van der Waals surface area (Å²) in [5, 5.41) is 9.43. The van der Waals surface area contributed by atoms with Crippen LogP contribution in [-0.4, -0.2) is 30.2 Å². The fourth-order valence-corrected chi connectivity index (χ4v) is 4.22. The maximum atomic E-state index is 13.5. The van der Waals surface area contributed by atoms with E-state index in [0.29, 0.717) is 17.2 Å². The summed E-state index contributed by atoms with van der Waals surface area (Å²) < 4.78 is 17.0. The van der Waals surface area contributed by atoms with Crippen molar-refractivity contribution in [2.45, 2.75) is 6.04 Å². The molecule has 7 nitrogen and oxygen atoms in total. The monoisotopic (exact) mass is 458 g/mol. The number of thiophene rings is 1. The Morgan fingerprint density at radius 2 is 1.85 bits per heavy atom. The molecule has 5 rings (SSSR count). The lowest BCUT2D eigenvalue weighted by molar-refractivity contribution is 0.0930. The van der Waals surface area contributed by atoms with E-state index in [1.165, 1.54) is 23.5 Å². The Kier molecular flexibility index (Phi) is 5.54. The van der Waals surface area contributed by atoms with Crippen molar-refractivity contribution in [3.8, 4) is 16.4 Å². The summed E-state index contributed by atoms with van der Waals surface area (Å²) in [7, 11) is 1.84. The van der Waals surface area contributed by atoms with Gasteiger partial charge in [0.05, 0.1) is 10.6 Å². The van der Waals surface area contributed by atoms with E-state index < -0.39 is 11.9 Å². The summed E-state index contributed by atoms with van der Waals surface area (Å²) in [6.45, 7) is 0. The molecule has 1 unspecified atom stereocenters. The topological polar surface area (TPSA) is 77.6 Å². The molecular formula is C24H19FN6OS. The normalized spacial score (nSPS) is 11.9. The van der Waals surface area contributed by atoms with E-state index in [0.717, 1.165) is 10.6 Å². The largest absolute Gasteiger partial charge is 0.336 e. The Balaban J connectivity index is 1.53. The molecule has 1 atom stereocenters. The quantitative estimate of drug-likeness (QED) is 0.409. The summed E-state index contributed by atoms with van der Waals surface area (Å²) in [4.78, 5) is 23.1. The van der Waals surface area contributed by atoms with Crippen LogP contribution in [0.5, 0.6) is 0 Å². The summed E-state index contributed by atoms with van der Waals surface area (Å²) >= 11 is 1.52. The van der Waals surface area contributed by atoms with Crippen LogP contribution in [0.2, 0.25) is 0 Å². The van der Waals surface area contributed by atoms with E-state index in [4.69, 9.17) is 0 Å². The van der Waals surface area contributed by atoms with Crippen LogP contribution in [0.1, 0.15) is 28.0 Å². The molecule has 0 aliphatic heterocycles. The van der Waals surface area contributed by atoms with Crippen molar-refractivity contribution in [2.75, 3.05) is 0 Å². The molecule has 1 amide bonds. The standard InChI is InChI=1S/C24H19FN6OS/c1-30-14-13-26-23(30)20(16-9-11-17(25)12-10-16)27-24(32)21-28-22(19-8-5-15-33-19)31(29-21)18-6-3-2-4-7-18/h2-15,20H,1H3,(H,27,32). The average molecular weight is 459 g/mol. The molecule has 0 saturated carbocycles. The number of nitrogens with one attached hydrogen (secondary N) is 1. The number of benzene rings is 2. The molecule has 1 N–H and O–H groups in total. The first-order valence-corrected chi connectivity index (χ1v) is 11.1. The predicted molar refractivity (Wildman–Crippen MR) is 124 cm³/mol. The van der Waals surface area contributed by atoms with Gasteiger partial charge in [-0.25, -0.2) is 19.0 Å². The Labute approximate surface area is 193 Å². The SMILES string of the molecule is Cn1ccnc1C(NC(=O)c1nc(-c2cccs2)n(-c2ccccc2)n1)c1ccc(F)cc1. The van der Waals surface area contributed by atoms with E-state index in [-0.39, 0.29) is 11.6 Å². The first-order valence-electron chi connectivity index (χ1n) is 10.2. The molecule has 164 valence electrons. The van der Waals surface area contributed by atoms with Gasteiger partial charge in [0, 0.05) is 19.4 Å². The summed E-state index contributed by atoms with van der Waals surface area (Å²) in [5.41, 5.74) is 1.49. The highest BCUT2D eigenvalue weighted by Crippen LogP contribution is 2.26. The van der Waals surface area contributed by atoms with Crippen LogP contribution in [0.25, 0.3) is 16.4 Å². The molecule has 0 fully saturated rings. The van der Waals surface area contributed by atoms with Crippen molar-refractivity contribution in [2.24, 2.45) is 7.05 Å². The maximum absolute atomic E-state index is 13.5. The third kappa shape index (κ3) is 4.18. The first-order chi connectivity index (χ1) is 16.1. The van der Waals surface area contributed by atoms with Crippen LogP contribution in [0.4, 0.5) is 4.39 Å². The highest BCUT2D eigenvalue weighted by atomic mass is 32.1. The molecule has 5 aromatic rings. The lowest BCUT2D eigenvalue weighted by Gasteiger charge is -2.18. The summed E-state index contributed by atoms with van der Waals surface area (Å²) in [5.74, 6) is 0.406. The van der Waals surface area contributed by atoms with E-state index >= 15 is 0 Å². The van der Waals surface area contributed by atoms with Gasteiger partial charge in [-0.05, 0) is 41.3 Å². The molecule has 2 aromatic carbocycles. The summed E-state index contributed by atoms with van der Waals surface area (Å²) in [6, 6.07) is 18.8. The smallest absolute Gasteiger partial charge is 0.291 e. The Bertz CT molecular complexity index is 1380. The van der Waals surface area contributed by atoms with Gasteiger partial charge in [-0.15, -0.1) is 16.4 Å². The predicted octanol–water partition coefficient (Wildman–Crippen LogP) is 4.39. The van der Waals surface area contributed by atoms with E-state index in [9.17, 15) is 9.18 Å². The van der Waals surface area contributed by atoms with Crippen LogP contribution in [0.15, 0.2) is 84.5 Å². The minimum absolute atomic E-state index is 0.0311. The van der Waals surface area contributed by atoms with Crippen molar-refractivity contribution >= 4 is 17.2 Å². The Morgan fingerprint density at radius 3 is 2.52 bits per heavy atom. The van der Waals surface area contributed by atoms with Gasteiger partial charge < -0.3 is 9.88 Å². The fraction of sp³-hybridized carbons (Fsp3) is 0.0833.